The van der Waals surface area contributed by atoms with E-state index in [1.807, 2.05) is 0 Å². The third kappa shape index (κ3) is 8.79. The van der Waals surface area contributed by atoms with Crippen LogP contribution in [0.25, 0.3) is 22.3 Å². The van der Waals surface area contributed by atoms with E-state index < -0.39 is 10.2 Å². The van der Waals surface area contributed by atoms with Gasteiger partial charge in [0.2, 0.25) is 13.1 Å². The van der Waals surface area contributed by atoms with Crippen LogP contribution in [0.15, 0.2) is 98.1 Å². The van der Waals surface area contributed by atoms with E-state index >= 15 is 0 Å². The topological polar surface area (TPSA) is 108 Å². The van der Waals surface area contributed by atoms with Gasteiger partial charge in [-0.25, -0.2) is 27.8 Å². The van der Waals surface area contributed by atoms with Gasteiger partial charge in [0, 0.05) is 48.5 Å². The Morgan fingerprint density at radius 3 is 0.857 bits per heavy atom. The summed E-state index contributed by atoms with van der Waals surface area (Å²) in [6.45, 7) is 8.18. The normalized spacial score (nSPS) is 11.0. The first-order valence-electron chi connectivity index (χ1n) is 11.3. The lowest BCUT2D eigenvalue weighted by Crippen LogP contribution is -2.68. The molecule has 0 aromatic carbocycles. The number of hydrogen-bond acceptors (Lipinski definition) is 4. The quantitative estimate of drug-likeness (QED) is 0.279. The Kier molecular flexibility index (Phi) is 9.36. The van der Waals surface area contributed by atoms with Gasteiger partial charge in [0.15, 0.2) is 49.6 Å². The van der Waals surface area contributed by atoms with Gasteiger partial charge < -0.3 is 0 Å². The molecule has 9 heteroatoms. The zero-order valence-electron chi connectivity index (χ0n) is 19.9. The molecule has 0 unspecified atom stereocenters. The van der Waals surface area contributed by atoms with E-state index in [2.05, 4.69) is 130 Å². The molecule has 0 spiro atoms. The zero-order valence-corrected chi connectivity index (χ0v) is 20.6. The van der Waals surface area contributed by atoms with Crippen molar-refractivity contribution in [3.8, 4) is 22.3 Å². The molecule has 0 aliphatic rings. The summed E-state index contributed by atoms with van der Waals surface area (Å²) in [6, 6.07) is 17.5. The molecule has 0 bridgehead atoms. The predicted molar refractivity (Wildman–Crippen MR) is 116 cm³/mol. The van der Waals surface area contributed by atoms with E-state index in [-0.39, 0.29) is 0 Å². The molecule has 0 aliphatic carbocycles. The first kappa shape index (κ1) is 26.3. The molecule has 4 heterocycles. The fourth-order valence-corrected chi connectivity index (χ4v) is 3.55. The van der Waals surface area contributed by atoms with Gasteiger partial charge in [0.25, 0.3) is 0 Å². The number of aryl methyl sites for hydroxylation is 4. The molecule has 4 rings (SSSR count). The second-order valence-electron chi connectivity index (χ2n) is 7.86. The van der Waals surface area contributed by atoms with E-state index in [0.717, 1.165) is 26.2 Å². The Morgan fingerprint density at radius 1 is 0.457 bits per heavy atom. The Bertz CT molecular complexity index is 1080. The summed E-state index contributed by atoms with van der Waals surface area (Å²) in [4.78, 5) is 0. The average Bonchev–Trinajstić information content (AvgIpc) is 2.87. The van der Waals surface area contributed by atoms with Gasteiger partial charge in [-0.15, -0.1) is 10.2 Å². The predicted octanol–water partition coefficient (Wildman–Crippen LogP) is -1.85. The van der Waals surface area contributed by atoms with Crippen LogP contribution >= 0.6 is 0 Å². The fraction of sp³-hybridized carbons (Fsp3) is 0.231. The molecule has 4 aromatic rings. The highest BCUT2D eigenvalue weighted by Gasteiger charge is 2.09. The zero-order chi connectivity index (χ0) is 25.3. The largest absolute Gasteiger partial charge is 0.222 e. The van der Waals surface area contributed by atoms with Crippen molar-refractivity contribution in [2.75, 3.05) is 0 Å². The maximum Gasteiger partial charge on any atom is 0.206 e. The van der Waals surface area contributed by atoms with Gasteiger partial charge >= 0.3 is 0 Å². The molecule has 0 amide bonds. The number of nitrogens with zero attached hydrogens (tertiary/aromatic N) is 4. The highest BCUT2D eigenvalue weighted by atomic mass is 35.7. The second kappa shape index (κ2) is 12.4. The summed E-state index contributed by atoms with van der Waals surface area (Å²) in [5.41, 5.74) is 5.00. The van der Waals surface area contributed by atoms with Gasteiger partial charge in [0.05, 0.1) is 0 Å². The molecule has 0 radical (unpaired) electrons. The second-order valence-corrected chi connectivity index (χ2v) is 8.62. The van der Waals surface area contributed by atoms with Gasteiger partial charge in [-0.3, -0.25) is 0 Å². The maximum absolute atomic E-state index is 8.49. The molecule has 0 aliphatic heterocycles. The molecule has 182 valence electrons. The number of rotatable bonds is 7. The molecule has 0 atom stereocenters. The van der Waals surface area contributed by atoms with Crippen molar-refractivity contribution in [3.05, 3.63) is 98.1 Å². The first-order chi connectivity index (χ1) is 16.7. The van der Waals surface area contributed by atoms with Gasteiger partial charge in [0.1, 0.15) is 13.1 Å². The summed E-state index contributed by atoms with van der Waals surface area (Å²) in [7, 11) is -4.94. The summed E-state index contributed by atoms with van der Waals surface area (Å²) < 4.78 is 42.8. The minimum Gasteiger partial charge on any atom is -0.222 e. The number of halogens is 1. The molecule has 35 heavy (non-hydrogen) atoms. The Hall–Kier alpha value is -3.27. The number of pyridine rings is 4. The van der Waals surface area contributed by atoms with Gasteiger partial charge in [-0.05, 0) is 36.1 Å². The first-order valence-corrected chi connectivity index (χ1v) is 12.6. The third-order valence-corrected chi connectivity index (χ3v) is 5.58. The summed E-state index contributed by atoms with van der Waals surface area (Å²) in [5, 5.41) is 0. The average molecular weight is 498 g/mol. The number of hydrogen-bond donors (Lipinski definition) is 0. The van der Waals surface area contributed by atoms with Crippen molar-refractivity contribution in [3.63, 3.8) is 0 Å². The van der Waals surface area contributed by atoms with Crippen LogP contribution in [0.2, 0.25) is 0 Å². The van der Waals surface area contributed by atoms with E-state index in [1.54, 1.807) is 0 Å². The molecule has 0 fully saturated rings. The standard InChI is InChI=1S/C26H30N4.ClHO4/c1-3-27-13-5-23(6-14-27)25-9-17-29(18-10-25)21-22-30-19-11-26(12-20-30)24-7-15-28(4-2)16-8-24;2-1(3,4)5/h5-20H,3-4,21-22H2,1-2H3;(H,2,3,4,5)/q+4;/p-1. The van der Waals surface area contributed by atoms with Crippen LogP contribution in [0.1, 0.15) is 13.8 Å². The molecule has 4 aromatic heterocycles. The van der Waals surface area contributed by atoms with Crippen LogP contribution in [-0.4, -0.2) is 0 Å². The van der Waals surface area contributed by atoms with Crippen LogP contribution in [0.3, 0.4) is 0 Å². The maximum atomic E-state index is 8.49. The van der Waals surface area contributed by atoms with E-state index in [0.29, 0.717) is 0 Å². The monoisotopic (exact) mass is 497 g/mol. The molecule has 0 N–H and O–H groups in total. The summed E-state index contributed by atoms with van der Waals surface area (Å²) in [5.74, 6) is 0. The van der Waals surface area contributed by atoms with E-state index in [4.69, 9.17) is 18.6 Å². The van der Waals surface area contributed by atoms with Crippen LogP contribution in [0.5, 0.6) is 0 Å². The smallest absolute Gasteiger partial charge is 0.206 e. The lowest BCUT2D eigenvalue weighted by molar-refractivity contribution is -2.00. The Morgan fingerprint density at radius 2 is 0.657 bits per heavy atom. The Labute approximate surface area is 207 Å². The molecular weight excluding hydrogens is 468 g/mol. The summed E-state index contributed by atoms with van der Waals surface area (Å²) >= 11 is 0. The summed E-state index contributed by atoms with van der Waals surface area (Å²) in [6.07, 6.45) is 17.2. The molecular formula is C26H30ClN4O4+3. The molecule has 0 saturated carbocycles. The fourth-order valence-electron chi connectivity index (χ4n) is 3.55. The highest BCUT2D eigenvalue weighted by Crippen LogP contribution is 2.16. The third-order valence-electron chi connectivity index (χ3n) is 5.58. The van der Waals surface area contributed by atoms with Crippen LogP contribution < -0.4 is 36.9 Å². The Balaban J connectivity index is 0.000000623. The lowest BCUT2D eigenvalue weighted by Gasteiger charge is -2.17. The van der Waals surface area contributed by atoms with Crippen molar-refractivity contribution in [1.29, 1.82) is 0 Å². The molecule has 0 saturated heterocycles. The highest BCUT2D eigenvalue weighted by molar-refractivity contribution is 5.61. The van der Waals surface area contributed by atoms with Gasteiger partial charge in [-0.1, -0.05) is 0 Å². The minimum absolute atomic E-state index is 0.941. The van der Waals surface area contributed by atoms with Crippen LogP contribution in [0, 0.1) is 10.2 Å². The number of aromatic nitrogens is 4. The minimum atomic E-state index is -4.94. The van der Waals surface area contributed by atoms with Crippen molar-refractivity contribution in [2.45, 2.75) is 40.0 Å². The lowest BCUT2D eigenvalue weighted by atomic mass is 10.1. The van der Waals surface area contributed by atoms with Crippen molar-refractivity contribution < 1.29 is 47.1 Å². The van der Waals surface area contributed by atoms with E-state index in [9.17, 15) is 0 Å². The SMILES string of the molecule is CC[n+]1ccc(-c2cc[n+](CC[n+]3ccc(-c4cc[n+](CC)cc4)cc3)cc2)cc1.[O-][Cl+3]([O-])([O-])[O-]. The van der Waals surface area contributed by atoms with Crippen LogP contribution in [0.4, 0.5) is 0 Å². The van der Waals surface area contributed by atoms with E-state index in [1.165, 1.54) is 22.3 Å². The van der Waals surface area contributed by atoms with Crippen molar-refractivity contribution in [1.82, 2.24) is 0 Å². The van der Waals surface area contributed by atoms with Crippen molar-refractivity contribution >= 4 is 0 Å². The molecule has 8 nitrogen and oxygen atoms in total. The van der Waals surface area contributed by atoms with Crippen LogP contribution in [-0.2, 0) is 26.2 Å². The van der Waals surface area contributed by atoms with Gasteiger partial charge in [-0.2, -0.15) is 9.13 Å². The van der Waals surface area contributed by atoms with Crippen molar-refractivity contribution in [2.24, 2.45) is 0 Å².